The van der Waals surface area contributed by atoms with Crippen LogP contribution in [0.3, 0.4) is 0 Å². The number of rotatable bonds is 7. The second-order valence-electron chi connectivity index (χ2n) is 4.79. The van der Waals surface area contributed by atoms with Crippen LogP contribution in [0.4, 0.5) is 8.78 Å². The van der Waals surface area contributed by atoms with Gasteiger partial charge in [-0.15, -0.1) is 0 Å². The molecule has 1 unspecified atom stereocenters. The van der Waals surface area contributed by atoms with Gasteiger partial charge in [-0.05, 0) is 33.0 Å². The summed E-state index contributed by atoms with van der Waals surface area (Å²) in [6, 6.07) is 3.36. The average Bonchev–Trinajstić information content (AvgIpc) is 2.33. The van der Waals surface area contributed by atoms with Crippen LogP contribution in [0.1, 0.15) is 25.5 Å². The van der Waals surface area contributed by atoms with Crippen LogP contribution >= 0.6 is 0 Å². The van der Waals surface area contributed by atoms with Crippen LogP contribution in [0.15, 0.2) is 18.2 Å². The first-order chi connectivity index (χ1) is 8.97. The van der Waals surface area contributed by atoms with E-state index in [1.807, 2.05) is 18.7 Å². The van der Waals surface area contributed by atoms with E-state index in [9.17, 15) is 8.78 Å². The Bertz CT molecular complexity index is 379. The maximum absolute atomic E-state index is 13.7. The molecule has 1 aromatic rings. The molecule has 108 valence electrons. The van der Waals surface area contributed by atoms with Gasteiger partial charge in [0.2, 0.25) is 0 Å². The number of nitrogens with two attached hydrogens (primary N) is 1. The van der Waals surface area contributed by atoms with E-state index in [1.54, 1.807) is 7.05 Å². The largest absolute Gasteiger partial charge is 0.377 e. The van der Waals surface area contributed by atoms with Gasteiger partial charge in [-0.1, -0.05) is 6.07 Å². The molecule has 0 saturated carbocycles. The minimum atomic E-state index is -0.563. The lowest BCUT2D eigenvalue weighted by atomic mass is 10.0. The zero-order valence-corrected chi connectivity index (χ0v) is 11.7. The summed E-state index contributed by atoms with van der Waals surface area (Å²) in [5.74, 6) is -1.13. The van der Waals surface area contributed by atoms with Gasteiger partial charge in [0.25, 0.3) is 0 Å². The fourth-order valence-electron chi connectivity index (χ4n) is 1.94. The van der Waals surface area contributed by atoms with Crippen molar-refractivity contribution in [2.75, 3.05) is 26.7 Å². The predicted octanol–water partition coefficient (Wildman–Crippen LogP) is 2.32. The molecule has 0 aromatic heterocycles. The van der Waals surface area contributed by atoms with Crippen LogP contribution < -0.4 is 5.73 Å². The number of likely N-dealkylation sites (N-methyl/N-ethyl adjacent to an activating group) is 1. The zero-order chi connectivity index (χ0) is 14.4. The van der Waals surface area contributed by atoms with Crippen LogP contribution in [0.2, 0.25) is 0 Å². The minimum absolute atomic E-state index is 0.0250. The molecule has 0 fully saturated rings. The molecule has 1 rings (SSSR count). The monoisotopic (exact) mass is 272 g/mol. The summed E-state index contributed by atoms with van der Waals surface area (Å²) in [6.07, 6.45) is 0.134. The third-order valence-electron chi connectivity index (χ3n) is 2.98. The molecule has 0 spiro atoms. The fraction of sp³-hybridized carbons (Fsp3) is 0.571. The average molecular weight is 272 g/mol. The lowest BCUT2D eigenvalue weighted by molar-refractivity contribution is 0.0557. The minimum Gasteiger partial charge on any atom is -0.377 e. The Morgan fingerprint density at radius 2 is 1.84 bits per heavy atom. The van der Waals surface area contributed by atoms with E-state index in [0.717, 1.165) is 0 Å². The molecule has 0 bridgehead atoms. The highest BCUT2D eigenvalue weighted by Gasteiger charge is 2.22. The first kappa shape index (κ1) is 16.0. The molecule has 0 aliphatic carbocycles. The highest BCUT2D eigenvalue weighted by molar-refractivity contribution is 5.23. The Balaban J connectivity index is 2.76. The van der Waals surface area contributed by atoms with Crippen molar-refractivity contribution in [3.05, 3.63) is 35.4 Å². The summed E-state index contributed by atoms with van der Waals surface area (Å²) >= 11 is 0. The number of hydrogen-bond acceptors (Lipinski definition) is 3. The first-order valence-electron chi connectivity index (χ1n) is 6.43. The topological polar surface area (TPSA) is 38.5 Å². The molecule has 0 amide bonds. The van der Waals surface area contributed by atoms with Crippen molar-refractivity contribution >= 4 is 0 Å². The molecular weight excluding hydrogens is 250 g/mol. The third kappa shape index (κ3) is 4.53. The molecule has 1 aromatic carbocycles. The molecule has 0 aliphatic rings. The molecule has 1 atom stereocenters. The molecule has 19 heavy (non-hydrogen) atoms. The van der Waals surface area contributed by atoms with Gasteiger partial charge in [0.15, 0.2) is 0 Å². The second-order valence-corrected chi connectivity index (χ2v) is 4.79. The van der Waals surface area contributed by atoms with Gasteiger partial charge in [-0.2, -0.15) is 0 Å². The van der Waals surface area contributed by atoms with Crippen molar-refractivity contribution in [1.82, 2.24) is 4.90 Å². The quantitative estimate of drug-likeness (QED) is 0.828. The molecule has 0 saturated heterocycles. The molecular formula is C14H22F2N2O. The van der Waals surface area contributed by atoms with Gasteiger partial charge < -0.3 is 10.5 Å². The van der Waals surface area contributed by atoms with E-state index in [2.05, 4.69) is 0 Å². The molecule has 0 heterocycles. The van der Waals surface area contributed by atoms with Crippen LogP contribution in [-0.4, -0.2) is 37.7 Å². The number of ether oxygens (including phenoxy) is 1. The van der Waals surface area contributed by atoms with E-state index in [1.165, 1.54) is 18.2 Å². The van der Waals surface area contributed by atoms with E-state index in [0.29, 0.717) is 13.2 Å². The van der Waals surface area contributed by atoms with Crippen molar-refractivity contribution < 1.29 is 13.5 Å². The van der Waals surface area contributed by atoms with Gasteiger partial charge in [0, 0.05) is 18.7 Å². The van der Waals surface area contributed by atoms with Crippen molar-refractivity contribution in [1.29, 1.82) is 0 Å². The Hall–Kier alpha value is -1.04. The van der Waals surface area contributed by atoms with Crippen LogP contribution in [-0.2, 0) is 4.74 Å². The standard InChI is InChI=1S/C14H22F2N2O/c1-10(2)19-8-7-18(3)13(9-17)14-11(15)5-4-6-12(14)16/h4-6,10,13H,7-9,17H2,1-3H3. The Kier molecular flexibility index (Phi) is 6.34. The Morgan fingerprint density at radius 3 is 2.32 bits per heavy atom. The fourth-order valence-corrected chi connectivity index (χ4v) is 1.94. The summed E-state index contributed by atoms with van der Waals surface area (Å²) < 4.78 is 32.9. The maximum atomic E-state index is 13.7. The normalized spacial score (nSPS) is 13.3. The number of halogens is 2. The van der Waals surface area contributed by atoms with Crippen LogP contribution in [0, 0.1) is 11.6 Å². The lowest BCUT2D eigenvalue weighted by Gasteiger charge is -2.28. The van der Waals surface area contributed by atoms with Gasteiger partial charge >= 0.3 is 0 Å². The summed E-state index contributed by atoms with van der Waals surface area (Å²) in [6.45, 7) is 5.10. The first-order valence-corrected chi connectivity index (χ1v) is 6.43. The molecule has 0 aliphatic heterocycles. The predicted molar refractivity (Wildman–Crippen MR) is 71.9 cm³/mol. The van der Waals surface area contributed by atoms with Crippen molar-refractivity contribution in [2.45, 2.75) is 26.0 Å². The van der Waals surface area contributed by atoms with Crippen LogP contribution in [0.5, 0.6) is 0 Å². The Labute approximate surface area is 113 Å². The SMILES string of the molecule is CC(C)OCCN(C)C(CN)c1c(F)cccc1F. The molecule has 0 radical (unpaired) electrons. The summed E-state index contributed by atoms with van der Waals surface area (Å²) in [5, 5.41) is 0. The Morgan fingerprint density at radius 1 is 1.26 bits per heavy atom. The smallest absolute Gasteiger partial charge is 0.130 e. The van der Waals surface area contributed by atoms with Gasteiger partial charge in [-0.25, -0.2) is 8.78 Å². The zero-order valence-electron chi connectivity index (χ0n) is 11.7. The van der Waals surface area contributed by atoms with Gasteiger partial charge in [0.05, 0.1) is 18.8 Å². The highest BCUT2D eigenvalue weighted by Crippen LogP contribution is 2.24. The third-order valence-corrected chi connectivity index (χ3v) is 2.98. The van der Waals surface area contributed by atoms with E-state index in [-0.39, 0.29) is 18.2 Å². The number of nitrogens with zero attached hydrogens (tertiary/aromatic N) is 1. The molecule has 3 nitrogen and oxygen atoms in total. The lowest BCUT2D eigenvalue weighted by Crippen LogP contribution is -2.34. The summed E-state index contributed by atoms with van der Waals surface area (Å²) in [7, 11) is 1.78. The highest BCUT2D eigenvalue weighted by atomic mass is 19.1. The van der Waals surface area contributed by atoms with Crippen molar-refractivity contribution in [2.24, 2.45) is 5.73 Å². The maximum Gasteiger partial charge on any atom is 0.130 e. The molecule has 2 N–H and O–H groups in total. The van der Waals surface area contributed by atoms with E-state index < -0.39 is 17.7 Å². The summed E-state index contributed by atoms with van der Waals surface area (Å²) in [4.78, 5) is 1.81. The number of benzene rings is 1. The van der Waals surface area contributed by atoms with Crippen LogP contribution in [0.25, 0.3) is 0 Å². The molecule has 5 heteroatoms. The van der Waals surface area contributed by atoms with Crippen molar-refractivity contribution in [3.63, 3.8) is 0 Å². The number of hydrogen-bond donors (Lipinski definition) is 1. The van der Waals surface area contributed by atoms with Crippen molar-refractivity contribution in [3.8, 4) is 0 Å². The van der Waals surface area contributed by atoms with Gasteiger partial charge in [-0.3, -0.25) is 4.90 Å². The van der Waals surface area contributed by atoms with Gasteiger partial charge in [0.1, 0.15) is 11.6 Å². The van der Waals surface area contributed by atoms with E-state index >= 15 is 0 Å². The van der Waals surface area contributed by atoms with E-state index in [4.69, 9.17) is 10.5 Å². The summed E-state index contributed by atoms with van der Waals surface area (Å²) in [5.41, 5.74) is 5.68. The second kappa shape index (κ2) is 7.53.